The fraction of sp³-hybridized carbons (Fsp3) is 0.529. The van der Waals surface area contributed by atoms with Crippen LogP contribution in [0.5, 0.6) is 0 Å². The summed E-state index contributed by atoms with van der Waals surface area (Å²) in [6.07, 6.45) is 2.17. The van der Waals surface area contributed by atoms with Gasteiger partial charge in [-0.3, -0.25) is 14.3 Å². The molecular formula is C17H22N4O3. The number of carboxylic acid groups (broad SMARTS) is 1. The van der Waals surface area contributed by atoms with Crippen LogP contribution >= 0.6 is 0 Å². The molecule has 0 spiro atoms. The lowest BCUT2D eigenvalue weighted by Crippen LogP contribution is -2.40. The molecule has 24 heavy (non-hydrogen) atoms. The number of aliphatic carboxylic acids is 1. The fourth-order valence-corrected chi connectivity index (χ4v) is 2.85. The number of rotatable bonds is 5. The first-order valence-corrected chi connectivity index (χ1v) is 8.17. The molecule has 2 aromatic heterocycles. The minimum Gasteiger partial charge on any atom is -0.481 e. The van der Waals surface area contributed by atoms with Crippen LogP contribution < -0.4 is 5.32 Å². The van der Waals surface area contributed by atoms with Gasteiger partial charge in [0.1, 0.15) is 0 Å². The van der Waals surface area contributed by atoms with Crippen molar-refractivity contribution in [3.05, 3.63) is 23.0 Å². The zero-order chi connectivity index (χ0) is 17.6. The van der Waals surface area contributed by atoms with Gasteiger partial charge in [0.05, 0.1) is 22.6 Å². The Morgan fingerprint density at radius 1 is 1.38 bits per heavy atom. The van der Waals surface area contributed by atoms with Gasteiger partial charge in [0, 0.05) is 24.7 Å². The normalized spacial score (nSPS) is 16.8. The van der Waals surface area contributed by atoms with Crippen LogP contribution in [0.3, 0.4) is 0 Å². The average molecular weight is 330 g/mol. The van der Waals surface area contributed by atoms with Crippen LogP contribution in [0.25, 0.3) is 11.0 Å². The largest absolute Gasteiger partial charge is 0.481 e. The SMILES string of the molecule is Cc1nn(C)c2nc(C3CC3)cc(C(=O)NC(C)C(C)C(=O)O)c12. The van der Waals surface area contributed by atoms with Gasteiger partial charge >= 0.3 is 5.97 Å². The molecule has 0 saturated heterocycles. The second-order valence-corrected chi connectivity index (χ2v) is 6.67. The molecule has 1 aliphatic carbocycles. The number of nitrogens with zero attached hydrogens (tertiary/aromatic N) is 3. The molecule has 0 bridgehead atoms. The van der Waals surface area contributed by atoms with Crippen LogP contribution in [0.2, 0.25) is 0 Å². The number of hydrogen-bond donors (Lipinski definition) is 2. The molecule has 2 heterocycles. The smallest absolute Gasteiger partial charge is 0.308 e. The molecule has 7 nitrogen and oxygen atoms in total. The molecule has 3 rings (SSSR count). The van der Waals surface area contributed by atoms with Crippen molar-refractivity contribution in [1.82, 2.24) is 20.1 Å². The first-order chi connectivity index (χ1) is 11.3. The summed E-state index contributed by atoms with van der Waals surface area (Å²) in [6.45, 7) is 5.13. The zero-order valence-electron chi connectivity index (χ0n) is 14.3. The standard InChI is InChI=1S/C17H22N4O3/c1-8(17(23)24)9(2)18-16(22)12-7-13(11-5-6-11)19-15-14(12)10(3)20-21(15)4/h7-9,11H,5-6H2,1-4H3,(H,18,22)(H,23,24). The van der Waals surface area contributed by atoms with Crippen LogP contribution in [-0.2, 0) is 11.8 Å². The number of carbonyl (C=O) groups excluding carboxylic acids is 1. The third kappa shape index (κ3) is 2.86. The number of carboxylic acids is 1. The molecule has 0 aliphatic heterocycles. The average Bonchev–Trinajstić information content (AvgIpc) is 3.33. The van der Waals surface area contributed by atoms with Crippen molar-refractivity contribution in [3.8, 4) is 0 Å². The van der Waals surface area contributed by atoms with E-state index in [-0.39, 0.29) is 5.91 Å². The maximum absolute atomic E-state index is 12.8. The van der Waals surface area contributed by atoms with E-state index in [1.54, 1.807) is 18.5 Å². The summed E-state index contributed by atoms with van der Waals surface area (Å²) in [5.74, 6) is -1.46. The Morgan fingerprint density at radius 2 is 2.04 bits per heavy atom. The van der Waals surface area contributed by atoms with Crippen molar-refractivity contribution in [1.29, 1.82) is 0 Å². The first-order valence-electron chi connectivity index (χ1n) is 8.17. The van der Waals surface area contributed by atoms with Gasteiger partial charge in [-0.05, 0) is 39.7 Å². The van der Waals surface area contributed by atoms with Crippen LogP contribution in [0.15, 0.2) is 6.07 Å². The number of nitrogens with one attached hydrogen (secondary N) is 1. The van der Waals surface area contributed by atoms with Gasteiger partial charge in [-0.2, -0.15) is 5.10 Å². The number of aromatic nitrogens is 3. The van der Waals surface area contributed by atoms with E-state index < -0.39 is 17.9 Å². The third-order valence-electron chi connectivity index (χ3n) is 4.73. The number of pyridine rings is 1. The molecule has 7 heteroatoms. The molecule has 2 aromatic rings. The van der Waals surface area contributed by atoms with Crippen LogP contribution in [0.4, 0.5) is 0 Å². The number of hydrogen-bond acceptors (Lipinski definition) is 4. The molecule has 0 radical (unpaired) electrons. The highest BCUT2D eigenvalue weighted by molar-refractivity contribution is 6.06. The Morgan fingerprint density at radius 3 is 2.62 bits per heavy atom. The highest BCUT2D eigenvalue weighted by Gasteiger charge is 2.29. The molecular weight excluding hydrogens is 308 g/mol. The lowest BCUT2D eigenvalue weighted by Gasteiger charge is -2.18. The summed E-state index contributed by atoms with van der Waals surface area (Å²) in [4.78, 5) is 28.6. The van der Waals surface area contributed by atoms with E-state index in [9.17, 15) is 9.59 Å². The Labute approximate surface area is 140 Å². The lowest BCUT2D eigenvalue weighted by molar-refractivity contribution is -0.141. The van der Waals surface area contributed by atoms with E-state index in [2.05, 4.69) is 15.4 Å². The monoisotopic (exact) mass is 330 g/mol. The topological polar surface area (TPSA) is 97.1 Å². The quantitative estimate of drug-likeness (QED) is 0.874. The van der Waals surface area contributed by atoms with Gasteiger partial charge in [0.25, 0.3) is 5.91 Å². The summed E-state index contributed by atoms with van der Waals surface area (Å²) in [5, 5.41) is 17.0. The summed E-state index contributed by atoms with van der Waals surface area (Å²) in [7, 11) is 1.82. The predicted molar refractivity (Wildman–Crippen MR) is 88.9 cm³/mol. The maximum Gasteiger partial charge on any atom is 0.308 e. The Kier molecular flexibility index (Phi) is 4.03. The molecule has 1 amide bonds. The second kappa shape index (κ2) is 5.89. The Hall–Kier alpha value is -2.44. The van der Waals surface area contributed by atoms with E-state index in [4.69, 9.17) is 5.11 Å². The molecule has 1 saturated carbocycles. The van der Waals surface area contributed by atoms with Crippen molar-refractivity contribution < 1.29 is 14.7 Å². The van der Waals surface area contributed by atoms with E-state index in [0.29, 0.717) is 17.1 Å². The van der Waals surface area contributed by atoms with Gasteiger partial charge in [0.2, 0.25) is 0 Å². The van der Waals surface area contributed by atoms with Crippen molar-refractivity contribution in [2.75, 3.05) is 0 Å². The van der Waals surface area contributed by atoms with Crippen molar-refractivity contribution >= 4 is 22.9 Å². The summed E-state index contributed by atoms with van der Waals surface area (Å²) in [6, 6.07) is 1.36. The Bertz CT molecular complexity index is 823. The number of fused-ring (bicyclic) bond motifs is 1. The van der Waals surface area contributed by atoms with Gasteiger partial charge < -0.3 is 10.4 Å². The molecule has 2 unspecified atom stereocenters. The highest BCUT2D eigenvalue weighted by atomic mass is 16.4. The molecule has 2 atom stereocenters. The van der Waals surface area contributed by atoms with Crippen molar-refractivity contribution in [3.63, 3.8) is 0 Å². The van der Waals surface area contributed by atoms with Gasteiger partial charge in [-0.15, -0.1) is 0 Å². The van der Waals surface area contributed by atoms with Crippen LogP contribution in [0, 0.1) is 12.8 Å². The zero-order valence-corrected chi connectivity index (χ0v) is 14.3. The molecule has 2 N–H and O–H groups in total. The maximum atomic E-state index is 12.8. The molecule has 0 aromatic carbocycles. The van der Waals surface area contributed by atoms with Gasteiger partial charge in [0.15, 0.2) is 5.65 Å². The van der Waals surface area contributed by atoms with Gasteiger partial charge in [-0.25, -0.2) is 4.98 Å². The summed E-state index contributed by atoms with van der Waals surface area (Å²) >= 11 is 0. The minimum atomic E-state index is -0.932. The van der Waals surface area contributed by atoms with E-state index in [0.717, 1.165) is 29.6 Å². The van der Waals surface area contributed by atoms with Crippen LogP contribution in [-0.4, -0.2) is 37.8 Å². The van der Waals surface area contributed by atoms with Gasteiger partial charge in [-0.1, -0.05) is 0 Å². The first kappa shape index (κ1) is 16.4. The van der Waals surface area contributed by atoms with E-state index in [1.165, 1.54) is 0 Å². The number of amides is 1. The van der Waals surface area contributed by atoms with Crippen LogP contribution in [0.1, 0.15) is 54.4 Å². The minimum absolute atomic E-state index is 0.277. The summed E-state index contributed by atoms with van der Waals surface area (Å²) in [5.41, 5.74) is 2.87. The molecule has 1 fully saturated rings. The van der Waals surface area contributed by atoms with E-state index in [1.807, 2.05) is 20.0 Å². The molecule has 1 aliphatic rings. The summed E-state index contributed by atoms with van der Waals surface area (Å²) < 4.78 is 1.69. The third-order valence-corrected chi connectivity index (χ3v) is 4.73. The second-order valence-electron chi connectivity index (χ2n) is 6.67. The highest BCUT2D eigenvalue weighted by Crippen LogP contribution is 2.40. The van der Waals surface area contributed by atoms with Crippen molar-refractivity contribution in [2.45, 2.75) is 45.6 Å². The number of aryl methyl sites for hydroxylation is 2. The fourth-order valence-electron chi connectivity index (χ4n) is 2.85. The predicted octanol–water partition coefficient (Wildman–Crippen LogP) is 1.99. The van der Waals surface area contributed by atoms with E-state index >= 15 is 0 Å². The lowest BCUT2D eigenvalue weighted by atomic mass is 10.0. The number of carbonyl (C=O) groups is 2. The Balaban J connectivity index is 2.01. The van der Waals surface area contributed by atoms with Crippen molar-refractivity contribution in [2.24, 2.45) is 13.0 Å². The molecule has 128 valence electrons.